The number of rotatable bonds is 2. The van der Waals surface area contributed by atoms with E-state index in [1.165, 1.54) is 0 Å². The van der Waals surface area contributed by atoms with Crippen molar-refractivity contribution in [3.05, 3.63) is 0 Å². The zero-order valence-electron chi connectivity index (χ0n) is 10.5. The smallest absolute Gasteiger partial charge is 0.307 e. The molecule has 0 unspecified atom stereocenters. The fourth-order valence-corrected chi connectivity index (χ4v) is 3.04. The summed E-state index contributed by atoms with van der Waals surface area (Å²) in [6.07, 6.45) is 4.05. The van der Waals surface area contributed by atoms with Gasteiger partial charge in [0, 0.05) is 13.1 Å². The predicted molar refractivity (Wildman–Crippen MR) is 64.9 cm³/mol. The molecule has 2 atom stereocenters. The van der Waals surface area contributed by atoms with Gasteiger partial charge in [-0.05, 0) is 25.7 Å². The highest BCUT2D eigenvalue weighted by atomic mass is 16.4. The van der Waals surface area contributed by atoms with Gasteiger partial charge in [0.15, 0.2) is 0 Å². The molecule has 5 nitrogen and oxygen atoms in total. The number of carboxylic acids is 1. The number of aliphatic carboxylic acids is 1. The molecular weight excluding hydrogens is 234 g/mol. The van der Waals surface area contributed by atoms with Crippen LogP contribution in [0.5, 0.6) is 0 Å². The molecule has 1 saturated heterocycles. The van der Waals surface area contributed by atoms with Crippen LogP contribution in [0.25, 0.3) is 0 Å². The summed E-state index contributed by atoms with van der Waals surface area (Å²) in [7, 11) is 0. The first kappa shape index (κ1) is 13.3. The Balaban J connectivity index is 2.00. The Bertz CT molecular complexity index is 323. The van der Waals surface area contributed by atoms with Crippen LogP contribution in [0, 0.1) is 11.8 Å². The van der Waals surface area contributed by atoms with Gasteiger partial charge in [0.2, 0.25) is 5.91 Å². The largest absolute Gasteiger partial charge is 0.481 e. The van der Waals surface area contributed by atoms with Crippen molar-refractivity contribution in [3.8, 4) is 0 Å². The van der Waals surface area contributed by atoms with Gasteiger partial charge in [0.1, 0.15) is 0 Å². The number of carbonyl (C=O) groups is 2. The molecule has 2 aliphatic rings. The fourth-order valence-electron chi connectivity index (χ4n) is 3.04. The number of carbonyl (C=O) groups excluding carboxylic acids is 1. The number of aliphatic hydroxyl groups excluding tert-OH is 1. The minimum absolute atomic E-state index is 0.0194. The molecule has 0 spiro atoms. The molecule has 0 radical (unpaired) electrons. The average Bonchev–Trinajstić information content (AvgIpc) is 2.39. The maximum absolute atomic E-state index is 12.4. The summed E-state index contributed by atoms with van der Waals surface area (Å²) < 4.78 is 0. The van der Waals surface area contributed by atoms with Crippen LogP contribution in [0.1, 0.15) is 38.5 Å². The third-order valence-electron chi connectivity index (χ3n) is 4.18. The predicted octanol–water partition coefficient (Wildman–Crippen LogP) is 0.861. The van der Waals surface area contributed by atoms with E-state index in [2.05, 4.69) is 0 Å². The maximum atomic E-state index is 12.4. The summed E-state index contributed by atoms with van der Waals surface area (Å²) in [5.74, 6) is -1.73. The van der Waals surface area contributed by atoms with Gasteiger partial charge < -0.3 is 15.1 Å². The van der Waals surface area contributed by atoms with Crippen LogP contribution < -0.4 is 0 Å². The molecule has 1 saturated carbocycles. The van der Waals surface area contributed by atoms with Gasteiger partial charge in [-0.2, -0.15) is 0 Å². The molecule has 1 amide bonds. The topological polar surface area (TPSA) is 77.8 Å². The third-order valence-corrected chi connectivity index (χ3v) is 4.18. The lowest BCUT2D eigenvalue weighted by Gasteiger charge is -2.35. The van der Waals surface area contributed by atoms with E-state index in [4.69, 9.17) is 0 Å². The minimum Gasteiger partial charge on any atom is -0.481 e. The van der Waals surface area contributed by atoms with Crippen LogP contribution in [-0.4, -0.2) is 46.2 Å². The number of carboxylic acid groups (broad SMARTS) is 1. The van der Waals surface area contributed by atoms with Crippen molar-refractivity contribution in [1.29, 1.82) is 0 Å². The number of likely N-dealkylation sites (tertiary alicyclic amines) is 1. The van der Waals surface area contributed by atoms with Crippen molar-refractivity contribution in [2.75, 3.05) is 13.1 Å². The number of piperidine rings is 1. The molecule has 102 valence electrons. The number of aliphatic hydroxyl groups is 1. The zero-order chi connectivity index (χ0) is 13.1. The van der Waals surface area contributed by atoms with Gasteiger partial charge >= 0.3 is 5.97 Å². The van der Waals surface area contributed by atoms with Crippen molar-refractivity contribution in [1.82, 2.24) is 4.90 Å². The van der Waals surface area contributed by atoms with Crippen LogP contribution in [0.15, 0.2) is 0 Å². The van der Waals surface area contributed by atoms with E-state index < -0.39 is 11.9 Å². The van der Waals surface area contributed by atoms with Crippen molar-refractivity contribution in [2.24, 2.45) is 11.8 Å². The Hall–Kier alpha value is -1.10. The molecule has 1 heterocycles. The summed E-state index contributed by atoms with van der Waals surface area (Å²) in [4.78, 5) is 25.3. The standard InChI is InChI=1S/C13H21NO4/c15-9-5-7-14(8-6-9)12(16)10-3-1-2-4-11(10)13(17)18/h9-11,15H,1-8H2,(H,17,18)/t10-,11+/m1/s1. The van der Waals surface area contributed by atoms with Crippen LogP contribution >= 0.6 is 0 Å². The summed E-state index contributed by atoms with van der Waals surface area (Å²) >= 11 is 0. The quantitative estimate of drug-likeness (QED) is 0.767. The molecule has 5 heteroatoms. The summed E-state index contributed by atoms with van der Waals surface area (Å²) in [6, 6.07) is 0. The Morgan fingerprint density at radius 2 is 1.50 bits per heavy atom. The van der Waals surface area contributed by atoms with Crippen molar-refractivity contribution >= 4 is 11.9 Å². The molecule has 2 fully saturated rings. The summed E-state index contributed by atoms with van der Waals surface area (Å²) in [5.41, 5.74) is 0. The summed E-state index contributed by atoms with van der Waals surface area (Å²) in [5, 5.41) is 18.6. The van der Waals surface area contributed by atoms with Crippen LogP contribution in [0.2, 0.25) is 0 Å². The SMILES string of the molecule is O=C(O)[C@H]1CCCC[C@H]1C(=O)N1CCC(O)CC1. The van der Waals surface area contributed by atoms with E-state index in [-0.39, 0.29) is 17.9 Å². The van der Waals surface area contributed by atoms with E-state index in [1.54, 1.807) is 4.90 Å². The number of hydrogen-bond donors (Lipinski definition) is 2. The summed E-state index contributed by atoms with van der Waals surface area (Å²) in [6.45, 7) is 1.12. The van der Waals surface area contributed by atoms with Crippen LogP contribution in [0.4, 0.5) is 0 Å². The van der Waals surface area contributed by atoms with Crippen molar-refractivity contribution in [2.45, 2.75) is 44.6 Å². The Morgan fingerprint density at radius 3 is 2.06 bits per heavy atom. The first-order valence-electron chi connectivity index (χ1n) is 6.79. The highest BCUT2D eigenvalue weighted by Crippen LogP contribution is 2.32. The zero-order valence-corrected chi connectivity index (χ0v) is 10.5. The first-order chi connectivity index (χ1) is 8.59. The van der Waals surface area contributed by atoms with Gasteiger partial charge in [-0.25, -0.2) is 0 Å². The van der Waals surface area contributed by atoms with Gasteiger partial charge in [-0.3, -0.25) is 9.59 Å². The third kappa shape index (κ3) is 2.83. The highest BCUT2D eigenvalue weighted by Gasteiger charge is 2.38. The molecule has 1 aliphatic heterocycles. The normalized spacial score (nSPS) is 30.2. The maximum Gasteiger partial charge on any atom is 0.307 e. The van der Waals surface area contributed by atoms with Crippen molar-refractivity contribution in [3.63, 3.8) is 0 Å². The van der Waals surface area contributed by atoms with E-state index in [1.807, 2.05) is 0 Å². The molecule has 0 aromatic rings. The lowest BCUT2D eigenvalue weighted by Crippen LogP contribution is -2.46. The first-order valence-corrected chi connectivity index (χ1v) is 6.79. The monoisotopic (exact) mass is 255 g/mol. The Kier molecular flexibility index (Phi) is 4.22. The number of nitrogens with zero attached hydrogens (tertiary/aromatic N) is 1. The van der Waals surface area contributed by atoms with Gasteiger partial charge in [0.05, 0.1) is 17.9 Å². The lowest BCUT2D eigenvalue weighted by molar-refractivity contribution is -0.153. The molecule has 18 heavy (non-hydrogen) atoms. The van der Waals surface area contributed by atoms with Gasteiger partial charge in [0.25, 0.3) is 0 Å². The molecule has 0 aromatic heterocycles. The Labute approximate surface area is 107 Å². The van der Waals surface area contributed by atoms with Crippen LogP contribution in [0.3, 0.4) is 0 Å². The Morgan fingerprint density at radius 1 is 0.944 bits per heavy atom. The molecule has 0 bridgehead atoms. The molecular formula is C13H21NO4. The average molecular weight is 255 g/mol. The van der Waals surface area contributed by atoms with E-state index >= 15 is 0 Å². The molecule has 2 rings (SSSR count). The van der Waals surface area contributed by atoms with E-state index in [0.717, 1.165) is 12.8 Å². The molecule has 2 N–H and O–H groups in total. The fraction of sp³-hybridized carbons (Fsp3) is 0.846. The second-order valence-corrected chi connectivity index (χ2v) is 5.39. The second kappa shape index (κ2) is 5.69. The molecule has 1 aliphatic carbocycles. The minimum atomic E-state index is -0.843. The number of amides is 1. The van der Waals surface area contributed by atoms with E-state index in [0.29, 0.717) is 38.8 Å². The van der Waals surface area contributed by atoms with Crippen LogP contribution in [-0.2, 0) is 9.59 Å². The van der Waals surface area contributed by atoms with Gasteiger partial charge in [-0.15, -0.1) is 0 Å². The molecule has 0 aromatic carbocycles. The lowest BCUT2D eigenvalue weighted by atomic mass is 9.78. The highest BCUT2D eigenvalue weighted by molar-refractivity contribution is 5.85. The van der Waals surface area contributed by atoms with E-state index in [9.17, 15) is 19.8 Å². The van der Waals surface area contributed by atoms with Crippen molar-refractivity contribution < 1.29 is 19.8 Å². The number of hydrogen-bond acceptors (Lipinski definition) is 3. The second-order valence-electron chi connectivity index (χ2n) is 5.39. The van der Waals surface area contributed by atoms with Gasteiger partial charge in [-0.1, -0.05) is 12.8 Å².